The number of aromatic nitrogens is 2. The number of rotatable bonds is 4. The first-order chi connectivity index (χ1) is 11.0. The molecule has 0 amide bonds. The van der Waals surface area contributed by atoms with Gasteiger partial charge in [0.25, 0.3) is 5.56 Å². The Morgan fingerprint density at radius 3 is 2.74 bits per heavy atom. The highest BCUT2D eigenvalue weighted by molar-refractivity contribution is 5.47. The Balaban J connectivity index is 1.90. The molecule has 3 rings (SSSR count). The fraction of sp³-hybridized carbons (Fsp3) is 0.412. The molecule has 0 aliphatic carbocycles. The second-order valence-corrected chi connectivity index (χ2v) is 6.08. The van der Waals surface area contributed by atoms with Crippen molar-refractivity contribution in [2.45, 2.75) is 39.3 Å². The highest BCUT2D eigenvalue weighted by Crippen LogP contribution is 2.32. The molecule has 23 heavy (non-hydrogen) atoms. The number of anilines is 1. The van der Waals surface area contributed by atoms with E-state index in [9.17, 15) is 9.59 Å². The van der Waals surface area contributed by atoms with Crippen molar-refractivity contribution in [3.63, 3.8) is 0 Å². The summed E-state index contributed by atoms with van der Waals surface area (Å²) in [5.74, 6) is 1.35. The Kier molecular flexibility index (Phi) is 3.98. The number of fused-ring (bicyclic) bond motifs is 1. The van der Waals surface area contributed by atoms with Crippen LogP contribution in [0.1, 0.15) is 44.0 Å². The van der Waals surface area contributed by atoms with E-state index in [0.717, 1.165) is 17.7 Å². The van der Waals surface area contributed by atoms with E-state index in [-0.39, 0.29) is 17.6 Å². The maximum atomic E-state index is 12.1. The zero-order valence-electron chi connectivity index (χ0n) is 13.6. The van der Waals surface area contributed by atoms with Crippen LogP contribution in [0.3, 0.4) is 0 Å². The molecule has 1 aliphatic heterocycles. The number of hydrogen-bond donors (Lipinski definition) is 2. The van der Waals surface area contributed by atoms with Crippen molar-refractivity contribution < 1.29 is 4.74 Å². The van der Waals surface area contributed by atoms with E-state index >= 15 is 0 Å². The van der Waals surface area contributed by atoms with Crippen LogP contribution in [0.25, 0.3) is 0 Å². The minimum Gasteiger partial charge on any atom is -0.493 e. The third-order valence-electron chi connectivity index (χ3n) is 4.10. The van der Waals surface area contributed by atoms with Crippen molar-refractivity contribution >= 4 is 5.82 Å². The monoisotopic (exact) mass is 315 g/mol. The first-order valence-electron chi connectivity index (χ1n) is 7.84. The van der Waals surface area contributed by atoms with Gasteiger partial charge in [-0.1, -0.05) is 12.1 Å². The van der Waals surface area contributed by atoms with Gasteiger partial charge in [-0.25, -0.2) is 4.79 Å². The molecule has 1 atom stereocenters. The van der Waals surface area contributed by atoms with Gasteiger partial charge in [-0.15, -0.1) is 0 Å². The van der Waals surface area contributed by atoms with E-state index in [1.807, 2.05) is 25.1 Å². The smallest absolute Gasteiger partial charge is 0.330 e. The van der Waals surface area contributed by atoms with E-state index in [1.54, 1.807) is 13.8 Å². The first-order valence-corrected chi connectivity index (χ1v) is 7.84. The zero-order chi connectivity index (χ0) is 16.6. The molecule has 0 unspecified atom stereocenters. The molecule has 0 saturated carbocycles. The minimum atomic E-state index is -0.399. The topological polar surface area (TPSA) is 76.1 Å². The Morgan fingerprint density at radius 1 is 1.26 bits per heavy atom. The second-order valence-electron chi connectivity index (χ2n) is 6.08. The van der Waals surface area contributed by atoms with Crippen LogP contribution in [0.4, 0.5) is 5.82 Å². The molecule has 6 heteroatoms. The predicted octanol–water partition coefficient (Wildman–Crippen LogP) is 2.23. The summed E-state index contributed by atoms with van der Waals surface area (Å²) >= 11 is 0. The highest BCUT2D eigenvalue weighted by atomic mass is 16.5. The quantitative estimate of drug-likeness (QED) is 0.907. The van der Waals surface area contributed by atoms with Crippen LogP contribution in [0.15, 0.2) is 33.9 Å². The fourth-order valence-corrected chi connectivity index (χ4v) is 3.04. The number of aromatic amines is 1. The molecule has 6 nitrogen and oxygen atoms in total. The molecular weight excluding hydrogens is 294 g/mol. The van der Waals surface area contributed by atoms with Crippen LogP contribution in [-0.2, 0) is 6.42 Å². The maximum absolute atomic E-state index is 12.1. The molecule has 0 bridgehead atoms. The van der Waals surface area contributed by atoms with Crippen LogP contribution in [0.2, 0.25) is 0 Å². The molecule has 122 valence electrons. The maximum Gasteiger partial charge on any atom is 0.330 e. The van der Waals surface area contributed by atoms with Crippen LogP contribution in [0, 0.1) is 0 Å². The van der Waals surface area contributed by atoms with Gasteiger partial charge < -0.3 is 10.1 Å². The third kappa shape index (κ3) is 2.88. The molecule has 0 fully saturated rings. The molecular formula is C17H21N3O3. The summed E-state index contributed by atoms with van der Waals surface area (Å²) in [7, 11) is 0. The lowest BCUT2D eigenvalue weighted by atomic mass is 9.99. The summed E-state index contributed by atoms with van der Waals surface area (Å²) in [5.41, 5.74) is 1.60. The number of nitrogens with zero attached hydrogens (tertiary/aromatic N) is 1. The van der Waals surface area contributed by atoms with E-state index in [4.69, 9.17) is 4.74 Å². The summed E-state index contributed by atoms with van der Waals surface area (Å²) in [5, 5.41) is 3.21. The van der Waals surface area contributed by atoms with Gasteiger partial charge in [0, 0.05) is 24.1 Å². The van der Waals surface area contributed by atoms with Crippen LogP contribution >= 0.6 is 0 Å². The molecule has 1 aromatic heterocycles. The van der Waals surface area contributed by atoms with Gasteiger partial charge in [-0.05, 0) is 32.4 Å². The Hall–Kier alpha value is -2.50. The normalized spacial score (nSPS) is 14.4. The summed E-state index contributed by atoms with van der Waals surface area (Å²) in [6.07, 6.45) is 0.878. The summed E-state index contributed by atoms with van der Waals surface area (Å²) < 4.78 is 6.78. The summed E-state index contributed by atoms with van der Waals surface area (Å²) in [6, 6.07) is 7.17. The van der Waals surface area contributed by atoms with Crippen LogP contribution in [-0.4, -0.2) is 16.2 Å². The van der Waals surface area contributed by atoms with Gasteiger partial charge in [0.1, 0.15) is 11.6 Å². The number of H-pyrrole nitrogens is 1. The van der Waals surface area contributed by atoms with E-state index in [0.29, 0.717) is 12.4 Å². The van der Waals surface area contributed by atoms with Crippen molar-refractivity contribution in [3.8, 4) is 5.75 Å². The van der Waals surface area contributed by atoms with Gasteiger partial charge in [0.05, 0.1) is 12.6 Å². The van der Waals surface area contributed by atoms with E-state index < -0.39 is 5.69 Å². The Morgan fingerprint density at radius 2 is 2.04 bits per heavy atom. The predicted molar refractivity (Wildman–Crippen MR) is 89.4 cm³/mol. The number of hydrogen-bond acceptors (Lipinski definition) is 4. The molecule has 0 radical (unpaired) electrons. The lowest BCUT2D eigenvalue weighted by Crippen LogP contribution is -2.36. The lowest BCUT2D eigenvalue weighted by Gasteiger charge is -2.18. The zero-order valence-corrected chi connectivity index (χ0v) is 13.6. The van der Waals surface area contributed by atoms with Crippen LogP contribution in [0.5, 0.6) is 5.75 Å². The minimum absolute atomic E-state index is 0.0448. The summed E-state index contributed by atoms with van der Waals surface area (Å²) in [4.78, 5) is 26.9. The third-order valence-corrected chi connectivity index (χ3v) is 4.10. The van der Waals surface area contributed by atoms with Crippen molar-refractivity contribution in [1.82, 2.24) is 9.55 Å². The number of benzene rings is 1. The molecule has 0 spiro atoms. The van der Waals surface area contributed by atoms with Gasteiger partial charge >= 0.3 is 5.69 Å². The largest absolute Gasteiger partial charge is 0.493 e. The molecule has 2 heterocycles. The van der Waals surface area contributed by atoms with Gasteiger partial charge in [-0.2, -0.15) is 0 Å². The van der Waals surface area contributed by atoms with Gasteiger partial charge in [0.2, 0.25) is 0 Å². The van der Waals surface area contributed by atoms with Gasteiger partial charge in [0.15, 0.2) is 0 Å². The van der Waals surface area contributed by atoms with Gasteiger partial charge in [-0.3, -0.25) is 14.3 Å². The molecule has 1 aromatic carbocycles. The van der Waals surface area contributed by atoms with E-state index in [2.05, 4.69) is 10.3 Å². The number of nitrogens with one attached hydrogen (secondary N) is 2. The lowest BCUT2D eigenvalue weighted by molar-refractivity contribution is 0.357. The number of ether oxygens (including phenoxy) is 1. The average Bonchev–Trinajstić information content (AvgIpc) is 2.94. The van der Waals surface area contributed by atoms with Crippen LogP contribution < -0.4 is 21.3 Å². The first kappa shape index (κ1) is 15.4. The SMILES string of the molecule is CC(C)n1c(=O)cc(N[C@@H](C)c2cccc3c2CCO3)[nH]c1=O. The second kappa shape index (κ2) is 5.95. The van der Waals surface area contributed by atoms with Crippen molar-refractivity contribution in [2.75, 3.05) is 11.9 Å². The molecule has 2 N–H and O–H groups in total. The highest BCUT2D eigenvalue weighted by Gasteiger charge is 2.19. The van der Waals surface area contributed by atoms with E-state index in [1.165, 1.54) is 16.2 Å². The molecule has 0 saturated heterocycles. The average molecular weight is 315 g/mol. The van der Waals surface area contributed by atoms with Crippen molar-refractivity contribution in [2.24, 2.45) is 0 Å². The van der Waals surface area contributed by atoms with Crippen molar-refractivity contribution in [1.29, 1.82) is 0 Å². The molecule has 2 aromatic rings. The fourth-order valence-electron chi connectivity index (χ4n) is 3.04. The van der Waals surface area contributed by atoms with Crippen molar-refractivity contribution in [3.05, 3.63) is 56.2 Å². The summed E-state index contributed by atoms with van der Waals surface area (Å²) in [6.45, 7) is 6.31. The Bertz CT molecular complexity index is 804. The standard InChI is InChI=1S/C17H21N3O3/c1-10(2)20-16(21)9-15(19-17(20)22)18-11(3)12-5-4-6-14-13(12)7-8-23-14/h4-6,9-11,18H,7-8H2,1-3H3,(H,19,22)/t11-/m0/s1. The molecule has 1 aliphatic rings. The Labute approximate surface area is 134 Å².